The number of carbonyl (C=O) groups excluding carboxylic acids is 1. The second-order valence-electron chi connectivity index (χ2n) is 5.65. The smallest absolute Gasteiger partial charge is 0.220 e. The van der Waals surface area contributed by atoms with Crippen molar-refractivity contribution in [3.63, 3.8) is 0 Å². The van der Waals surface area contributed by atoms with Gasteiger partial charge in [-0.2, -0.15) is 0 Å². The van der Waals surface area contributed by atoms with E-state index in [0.717, 1.165) is 44.0 Å². The summed E-state index contributed by atoms with van der Waals surface area (Å²) in [5.74, 6) is 0.150. The SMILES string of the molecule is CCNC(=S)N1CCC(NC(=O)CCc2ccccc2)CC1. The minimum atomic E-state index is 0.150. The maximum absolute atomic E-state index is 12.0. The van der Waals surface area contributed by atoms with Crippen LogP contribution in [0, 0.1) is 0 Å². The number of rotatable bonds is 5. The first kappa shape index (κ1) is 16.7. The van der Waals surface area contributed by atoms with E-state index in [9.17, 15) is 4.79 Å². The van der Waals surface area contributed by atoms with Crippen LogP contribution in [-0.4, -0.2) is 41.6 Å². The summed E-state index contributed by atoms with van der Waals surface area (Å²) in [7, 11) is 0. The van der Waals surface area contributed by atoms with Crippen LogP contribution in [0.15, 0.2) is 30.3 Å². The Morgan fingerprint density at radius 1 is 1.27 bits per heavy atom. The molecular weight excluding hydrogens is 294 g/mol. The Kier molecular flexibility index (Phi) is 6.65. The van der Waals surface area contributed by atoms with Gasteiger partial charge in [0.2, 0.25) is 5.91 Å². The molecule has 0 aromatic heterocycles. The molecule has 1 aromatic carbocycles. The van der Waals surface area contributed by atoms with Crippen LogP contribution in [-0.2, 0) is 11.2 Å². The molecule has 2 rings (SSSR count). The lowest BCUT2D eigenvalue weighted by Crippen LogP contribution is -2.49. The Morgan fingerprint density at radius 2 is 1.95 bits per heavy atom. The highest BCUT2D eigenvalue weighted by Crippen LogP contribution is 2.11. The largest absolute Gasteiger partial charge is 0.363 e. The predicted octanol–water partition coefficient (Wildman–Crippen LogP) is 2.09. The number of hydrogen-bond acceptors (Lipinski definition) is 2. The van der Waals surface area contributed by atoms with Gasteiger partial charge in [-0.05, 0) is 44.0 Å². The molecule has 0 aliphatic carbocycles. The van der Waals surface area contributed by atoms with Crippen LogP contribution in [0.25, 0.3) is 0 Å². The number of nitrogens with zero attached hydrogens (tertiary/aromatic N) is 1. The van der Waals surface area contributed by atoms with Gasteiger partial charge in [-0.15, -0.1) is 0 Å². The second-order valence-corrected chi connectivity index (χ2v) is 6.04. The third-order valence-corrected chi connectivity index (χ3v) is 4.36. The molecule has 0 unspecified atom stereocenters. The van der Waals surface area contributed by atoms with Crippen molar-refractivity contribution in [1.29, 1.82) is 0 Å². The van der Waals surface area contributed by atoms with Crippen LogP contribution in [0.3, 0.4) is 0 Å². The summed E-state index contributed by atoms with van der Waals surface area (Å²) in [5, 5.41) is 7.16. The van der Waals surface area contributed by atoms with E-state index in [1.54, 1.807) is 0 Å². The molecule has 22 heavy (non-hydrogen) atoms. The Bertz CT molecular complexity index is 484. The van der Waals surface area contributed by atoms with Crippen molar-refractivity contribution in [1.82, 2.24) is 15.5 Å². The van der Waals surface area contributed by atoms with Crippen LogP contribution in [0.4, 0.5) is 0 Å². The quantitative estimate of drug-likeness (QED) is 0.816. The van der Waals surface area contributed by atoms with Crippen molar-refractivity contribution in [3.8, 4) is 0 Å². The molecule has 0 saturated carbocycles. The number of benzene rings is 1. The molecule has 0 radical (unpaired) electrons. The van der Waals surface area contributed by atoms with Crippen LogP contribution in [0.5, 0.6) is 0 Å². The second kappa shape index (κ2) is 8.73. The topological polar surface area (TPSA) is 44.4 Å². The average molecular weight is 319 g/mol. The zero-order valence-corrected chi connectivity index (χ0v) is 14.0. The summed E-state index contributed by atoms with van der Waals surface area (Å²) in [5.41, 5.74) is 1.21. The fraction of sp³-hybridized carbons (Fsp3) is 0.529. The normalized spacial score (nSPS) is 15.4. The zero-order valence-electron chi connectivity index (χ0n) is 13.2. The lowest BCUT2D eigenvalue weighted by atomic mass is 10.0. The average Bonchev–Trinajstić information content (AvgIpc) is 2.55. The van der Waals surface area contributed by atoms with E-state index in [4.69, 9.17) is 12.2 Å². The third-order valence-electron chi connectivity index (χ3n) is 3.96. The van der Waals surface area contributed by atoms with Crippen molar-refractivity contribution in [2.45, 2.75) is 38.6 Å². The first-order valence-electron chi connectivity index (χ1n) is 8.05. The van der Waals surface area contributed by atoms with Crippen molar-refractivity contribution in [2.24, 2.45) is 0 Å². The minimum Gasteiger partial charge on any atom is -0.363 e. The monoisotopic (exact) mass is 319 g/mol. The number of thiocarbonyl (C=S) groups is 1. The minimum absolute atomic E-state index is 0.150. The predicted molar refractivity (Wildman–Crippen MR) is 93.8 cm³/mol. The summed E-state index contributed by atoms with van der Waals surface area (Å²) < 4.78 is 0. The summed E-state index contributed by atoms with van der Waals surface area (Å²) in [6.45, 7) is 4.73. The summed E-state index contributed by atoms with van der Waals surface area (Å²) in [6, 6.07) is 10.4. The lowest BCUT2D eigenvalue weighted by Gasteiger charge is -2.34. The number of carbonyl (C=O) groups is 1. The van der Waals surface area contributed by atoms with Gasteiger partial charge < -0.3 is 15.5 Å². The van der Waals surface area contributed by atoms with Crippen LogP contribution in [0.1, 0.15) is 31.7 Å². The van der Waals surface area contributed by atoms with E-state index in [1.165, 1.54) is 5.56 Å². The van der Waals surface area contributed by atoms with Gasteiger partial charge in [-0.3, -0.25) is 4.79 Å². The van der Waals surface area contributed by atoms with Gasteiger partial charge in [0.1, 0.15) is 0 Å². The van der Waals surface area contributed by atoms with Crippen LogP contribution < -0.4 is 10.6 Å². The fourth-order valence-corrected chi connectivity index (χ4v) is 3.02. The Hall–Kier alpha value is -1.62. The van der Waals surface area contributed by atoms with E-state index in [-0.39, 0.29) is 11.9 Å². The molecular formula is C17H25N3OS. The van der Waals surface area contributed by atoms with E-state index in [1.807, 2.05) is 25.1 Å². The molecule has 1 aromatic rings. The molecule has 2 N–H and O–H groups in total. The number of piperidine rings is 1. The van der Waals surface area contributed by atoms with Crippen molar-refractivity contribution < 1.29 is 4.79 Å². The van der Waals surface area contributed by atoms with Gasteiger partial charge in [-0.1, -0.05) is 30.3 Å². The number of hydrogen-bond donors (Lipinski definition) is 2. The summed E-state index contributed by atoms with van der Waals surface area (Å²) >= 11 is 5.32. The summed E-state index contributed by atoms with van der Waals surface area (Å²) in [4.78, 5) is 14.2. The van der Waals surface area contributed by atoms with Gasteiger partial charge >= 0.3 is 0 Å². The molecule has 1 aliphatic rings. The number of likely N-dealkylation sites (tertiary alicyclic amines) is 1. The van der Waals surface area contributed by atoms with E-state index in [2.05, 4.69) is 27.7 Å². The maximum atomic E-state index is 12.0. The van der Waals surface area contributed by atoms with Crippen molar-refractivity contribution in [3.05, 3.63) is 35.9 Å². The first-order chi connectivity index (χ1) is 10.7. The van der Waals surface area contributed by atoms with Gasteiger partial charge in [-0.25, -0.2) is 0 Å². The molecule has 5 heteroatoms. The molecule has 1 heterocycles. The highest BCUT2D eigenvalue weighted by molar-refractivity contribution is 7.80. The van der Waals surface area contributed by atoms with E-state index < -0.39 is 0 Å². The van der Waals surface area contributed by atoms with Crippen molar-refractivity contribution >= 4 is 23.2 Å². The van der Waals surface area contributed by atoms with Gasteiger partial charge in [0.15, 0.2) is 5.11 Å². The molecule has 0 bridgehead atoms. The highest BCUT2D eigenvalue weighted by Gasteiger charge is 2.21. The van der Waals surface area contributed by atoms with E-state index in [0.29, 0.717) is 6.42 Å². The fourth-order valence-electron chi connectivity index (χ4n) is 2.69. The van der Waals surface area contributed by atoms with Gasteiger partial charge in [0, 0.05) is 32.1 Å². The maximum Gasteiger partial charge on any atom is 0.220 e. The molecule has 1 saturated heterocycles. The molecule has 1 aliphatic heterocycles. The van der Waals surface area contributed by atoms with Crippen LogP contribution in [0.2, 0.25) is 0 Å². The van der Waals surface area contributed by atoms with Crippen LogP contribution >= 0.6 is 12.2 Å². The molecule has 4 nitrogen and oxygen atoms in total. The lowest BCUT2D eigenvalue weighted by molar-refractivity contribution is -0.122. The third kappa shape index (κ3) is 5.30. The molecule has 1 amide bonds. The summed E-state index contributed by atoms with van der Waals surface area (Å²) in [6.07, 6.45) is 3.28. The van der Waals surface area contributed by atoms with Gasteiger partial charge in [0.05, 0.1) is 0 Å². The Balaban J connectivity index is 1.67. The number of amides is 1. The Morgan fingerprint density at radius 3 is 2.59 bits per heavy atom. The number of nitrogens with one attached hydrogen (secondary N) is 2. The standard InChI is InChI=1S/C17H25N3OS/c1-2-18-17(22)20-12-10-15(11-13-20)19-16(21)9-8-14-6-4-3-5-7-14/h3-7,15H,2,8-13H2,1H3,(H,18,22)(H,19,21). The van der Waals surface area contributed by atoms with Crippen molar-refractivity contribution in [2.75, 3.05) is 19.6 Å². The molecule has 1 fully saturated rings. The van der Waals surface area contributed by atoms with Gasteiger partial charge in [0.25, 0.3) is 0 Å². The molecule has 0 atom stereocenters. The van der Waals surface area contributed by atoms with E-state index >= 15 is 0 Å². The Labute approximate surface area is 138 Å². The molecule has 0 spiro atoms. The first-order valence-corrected chi connectivity index (χ1v) is 8.46. The zero-order chi connectivity index (χ0) is 15.8. The highest BCUT2D eigenvalue weighted by atomic mass is 32.1. The molecule has 120 valence electrons. The number of aryl methyl sites for hydroxylation is 1.